The van der Waals surface area contributed by atoms with Gasteiger partial charge in [-0.1, -0.05) is 17.3 Å². The minimum atomic E-state index is -4.46. The van der Waals surface area contributed by atoms with E-state index in [2.05, 4.69) is 25.6 Å². The molecule has 0 bridgehead atoms. The van der Waals surface area contributed by atoms with Crippen LogP contribution in [0.3, 0.4) is 0 Å². The lowest BCUT2D eigenvalue weighted by Crippen LogP contribution is -2.17. The number of benzene rings is 1. The molecule has 0 spiro atoms. The summed E-state index contributed by atoms with van der Waals surface area (Å²) in [4.78, 5) is 8.24. The van der Waals surface area contributed by atoms with Crippen LogP contribution in [0.5, 0.6) is 0 Å². The summed E-state index contributed by atoms with van der Waals surface area (Å²) in [7, 11) is 0. The lowest BCUT2D eigenvalue weighted by Gasteiger charge is -2.18. The van der Waals surface area contributed by atoms with Crippen LogP contribution < -0.4 is 5.32 Å². The number of aliphatic hydroxyl groups excluding tert-OH is 1. The second-order valence-corrected chi connectivity index (χ2v) is 6.02. The number of halogens is 3. The average Bonchev–Trinajstić information content (AvgIpc) is 3.04. The van der Waals surface area contributed by atoms with E-state index in [1.807, 2.05) is 13.8 Å². The number of hydrogen-bond acceptors (Lipinski definition) is 6. The van der Waals surface area contributed by atoms with E-state index in [4.69, 9.17) is 0 Å². The summed E-state index contributed by atoms with van der Waals surface area (Å²) in [5, 5.41) is 20.7. The van der Waals surface area contributed by atoms with Crippen LogP contribution in [0.1, 0.15) is 37.1 Å². The van der Waals surface area contributed by atoms with Crippen molar-refractivity contribution in [1.82, 2.24) is 25.0 Å². The highest BCUT2D eigenvalue weighted by atomic mass is 19.4. The Morgan fingerprint density at radius 3 is 2.65 bits per heavy atom. The van der Waals surface area contributed by atoms with Gasteiger partial charge in [-0.3, -0.25) is 0 Å². The number of hydrogen-bond donors (Lipinski definition) is 2. The van der Waals surface area contributed by atoms with Gasteiger partial charge in [0.2, 0.25) is 0 Å². The predicted octanol–water partition coefficient (Wildman–Crippen LogP) is 2.97. The molecule has 1 unspecified atom stereocenters. The number of fused-ring (bicyclic) bond motifs is 1. The lowest BCUT2D eigenvalue weighted by molar-refractivity contribution is -0.137. The Bertz CT molecular complexity index is 908. The molecule has 2 aromatic heterocycles. The summed E-state index contributed by atoms with van der Waals surface area (Å²) in [6, 6.07) is 4.02. The van der Waals surface area contributed by atoms with Gasteiger partial charge in [0.1, 0.15) is 6.33 Å². The van der Waals surface area contributed by atoms with E-state index in [1.165, 1.54) is 18.5 Å². The quantitative estimate of drug-likeness (QED) is 0.722. The second kappa shape index (κ2) is 6.87. The molecule has 10 heteroatoms. The van der Waals surface area contributed by atoms with Crippen LogP contribution in [-0.2, 0) is 6.18 Å². The maximum absolute atomic E-state index is 12.9. The van der Waals surface area contributed by atoms with Crippen molar-refractivity contribution in [3.05, 3.63) is 41.7 Å². The van der Waals surface area contributed by atoms with E-state index >= 15 is 0 Å². The molecule has 3 rings (SSSR count). The third kappa shape index (κ3) is 3.45. The van der Waals surface area contributed by atoms with Gasteiger partial charge < -0.3 is 10.4 Å². The number of aliphatic hydroxyl groups is 1. The Balaban J connectivity index is 1.96. The first-order valence-corrected chi connectivity index (χ1v) is 7.91. The Morgan fingerprint density at radius 2 is 2.00 bits per heavy atom. The van der Waals surface area contributed by atoms with Crippen molar-refractivity contribution in [2.45, 2.75) is 32.1 Å². The zero-order chi connectivity index (χ0) is 18.9. The number of rotatable bonds is 5. The van der Waals surface area contributed by atoms with E-state index in [1.54, 1.807) is 4.68 Å². The van der Waals surface area contributed by atoms with Crippen LogP contribution in [-0.4, -0.2) is 36.7 Å². The zero-order valence-electron chi connectivity index (χ0n) is 14.1. The van der Waals surface area contributed by atoms with Crippen LogP contribution in [0, 0.1) is 0 Å². The van der Waals surface area contributed by atoms with Crippen molar-refractivity contribution in [2.24, 2.45) is 0 Å². The van der Waals surface area contributed by atoms with Gasteiger partial charge in [-0.15, -0.1) is 5.10 Å². The number of alkyl halides is 3. The highest BCUT2D eigenvalue weighted by molar-refractivity contribution is 5.82. The number of anilines is 1. The Hall–Kier alpha value is -2.75. The van der Waals surface area contributed by atoms with Crippen LogP contribution in [0.4, 0.5) is 19.0 Å². The standard InChI is InChI=1S/C16H17F3N6O/c1-9(2)25-15-13(23-24-25)14(20-8-21-15)22-12(7-26)10-4-3-5-11(6-10)16(17,18)19/h3-6,8-9,12,26H,7H2,1-2H3,(H,20,21,22). The van der Waals surface area contributed by atoms with Crippen molar-refractivity contribution >= 4 is 17.0 Å². The fourth-order valence-corrected chi connectivity index (χ4v) is 2.55. The highest BCUT2D eigenvalue weighted by Crippen LogP contribution is 2.31. The Labute approximate surface area is 146 Å². The molecule has 0 saturated carbocycles. The third-order valence-corrected chi connectivity index (χ3v) is 3.86. The molecule has 0 aliphatic heterocycles. The molecule has 26 heavy (non-hydrogen) atoms. The maximum atomic E-state index is 12.9. The van der Waals surface area contributed by atoms with Crippen molar-refractivity contribution in [3.8, 4) is 0 Å². The largest absolute Gasteiger partial charge is 0.416 e. The molecule has 2 heterocycles. The molecule has 0 aliphatic rings. The molecule has 0 amide bonds. The van der Waals surface area contributed by atoms with Crippen LogP contribution in [0.25, 0.3) is 11.2 Å². The minimum Gasteiger partial charge on any atom is -0.394 e. The van der Waals surface area contributed by atoms with Gasteiger partial charge in [0.15, 0.2) is 17.0 Å². The van der Waals surface area contributed by atoms with E-state index in [-0.39, 0.29) is 11.6 Å². The molecule has 0 fully saturated rings. The smallest absolute Gasteiger partial charge is 0.394 e. The van der Waals surface area contributed by atoms with Crippen LogP contribution in [0.15, 0.2) is 30.6 Å². The molecular weight excluding hydrogens is 349 g/mol. The van der Waals surface area contributed by atoms with Gasteiger partial charge in [-0.05, 0) is 31.5 Å². The molecule has 0 radical (unpaired) electrons. The van der Waals surface area contributed by atoms with Crippen LogP contribution >= 0.6 is 0 Å². The summed E-state index contributed by atoms with van der Waals surface area (Å²) < 4.78 is 40.4. The summed E-state index contributed by atoms with van der Waals surface area (Å²) in [6.45, 7) is 3.41. The van der Waals surface area contributed by atoms with Gasteiger partial charge in [-0.25, -0.2) is 14.6 Å². The zero-order valence-corrected chi connectivity index (χ0v) is 14.1. The van der Waals surface area contributed by atoms with Gasteiger partial charge in [0, 0.05) is 0 Å². The Morgan fingerprint density at radius 1 is 1.23 bits per heavy atom. The fraction of sp³-hybridized carbons (Fsp3) is 0.375. The highest BCUT2D eigenvalue weighted by Gasteiger charge is 2.31. The predicted molar refractivity (Wildman–Crippen MR) is 88.4 cm³/mol. The molecule has 3 aromatic rings. The monoisotopic (exact) mass is 366 g/mol. The normalized spacial score (nSPS) is 13.3. The van der Waals surface area contributed by atoms with Gasteiger partial charge in [-0.2, -0.15) is 13.2 Å². The molecule has 7 nitrogen and oxygen atoms in total. The number of aromatic nitrogens is 5. The topological polar surface area (TPSA) is 88.8 Å². The lowest BCUT2D eigenvalue weighted by atomic mass is 10.0. The van der Waals surface area contributed by atoms with Gasteiger partial charge in [0.25, 0.3) is 0 Å². The molecule has 1 aromatic carbocycles. The van der Waals surface area contributed by atoms with E-state index in [0.717, 1.165) is 12.1 Å². The van der Waals surface area contributed by atoms with Gasteiger partial charge >= 0.3 is 6.18 Å². The Kier molecular flexibility index (Phi) is 4.77. The van der Waals surface area contributed by atoms with Crippen LogP contribution in [0.2, 0.25) is 0 Å². The summed E-state index contributed by atoms with van der Waals surface area (Å²) >= 11 is 0. The first-order chi connectivity index (χ1) is 12.3. The first kappa shape index (κ1) is 18.1. The SMILES string of the molecule is CC(C)n1nnc2c(NC(CO)c3cccc(C(F)(F)F)c3)ncnc21. The van der Waals surface area contributed by atoms with Crippen molar-refractivity contribution in [2.75, 3.05) is 11.9 Å². The van der Waals surface area contributed by atoms with Crippen molar-refractivity contribution in [3.63, 3.8) is 0 Å². The van der Waals surface area contributed by atoms with Crippen molar-refractivity contribution < 1.29 is 18.3 Å². The number of nitrogens with one attached hydrogen (secondary N) is 1. The molecule has 0 aliphatic carbocycles. The molecule has 1 atom stereocenters. The minimum absolute atomic E-state index is 0.0276. The van der Waals surface area contributed by atoms with Gasteiger partial charge in [0.05, 0.1) is 24.3 Å². The molecule has 138 valence electrons. The fourth-order valence-electron chi connectivity index (χ4n) is 2.55. The van der Waals surface area contributed by atoms with Crippen molar-refractivity contribution in [1.29, 1.82) is 0 Å². The van der Waals surface area contributed by atoms with E-state index in [9.17, 15) is 18.3 Å². The molecular formula is C16H17F3N6O. The molecule has 0 saturated heterocycles. The van der Waals surface area contributed by atoms with E-state index in [0.29, 0.717) is 17.0 Å². The average molecular weight is 366 g/mol. The summed E-state index contributed by atoms with van der Waals surface area (Å²) in [5.41, 5.74) is 0.379. The van der Waals surface area contributed by atoms with E-state index < -0.39 is 24.4 Å². The molecule has 2 N–H and O–H groups in total. The summed E-state index contributed by atoms with van der Waals surface area (Å²) in [5.74, 6) is 0.290. The third-order valence-electron chi connectivity index (χ3n) is 3.86. The summed E-state index contributed by atoms with van der Waals surface area (Å²) in [6.07, 6.45) is -3.15. The second-order valence-electron chi connectivity index (χ2n) is 6.02. The number of nitrogens with zero attached hydrogens (tertiary/aromatic N) is 5. The first-order valence-electron chi connectivity index (χ1n) is 7.91. The maximum Gasteiger partial charge on any atom is 0.416 e.